The Morgan fingerprint density at radius 3 is 3.00 bits per heavy atom. The third-order valence-electron chi connectivity index (χ3n) is 1.56. The first-order chi connectivity index (χ1) is 7.66. The summed E-state index contributed by atoms with van der Waals surface area (Å²) in [5.74, 6) is -0.248. The van der Waals surface area contributed by atoms with Crippen LogP contribution in [0.15, 0.2) is 23.6 Å². The number of nitrogens with zero attached hydrogens (tertiary/aromatic N) is 4. The number of hydrazone groups is 1. The van der Waals surface area contributed by atoms with Crippen LogP contribution in [0.1, 0.15) is 6.92 Å². The topological polar surface area (TPSA) is 119 Å². The minimum absolute atomic E-state index is 0.0433. The molecule has 0 aliphatic heterocycles. The summed E-state index contributed by atoms with van der Waals surface area (Å²) in [4.78, 5) is 17.2. The van der Waals surface area contributed by atoms with Gasteiger partial charge in [-0.2, -0.15) is 5.10 Å². The second-order valence-corrected chi connectivity index (χ2v) is 2.63. The van der Waals surface area contributed by atoms with Gasteiger partial charge in [-0.1, -0.05) is 6.08 Å². The van der Waals surface area contributed by atoms with E-state index in [-0.39, 0.29) is 17.3 Å². The molecule has 0 aliphatic rings. The summed E-state index contributed by atoms with van der Waals surface area (Å²) in [6.45, 7) is 1.82. The van der Waals surface area contributed by atoms with Crippen LogP contribution in [0.4, 0.5) is 17.3 Å². The lowest BCUT2D eigenvalue weighted by atomic mass is 10.4. The van der Waals surface area contributed by atoms with E-state index in [9.17, 15) is 10.1 Å². The SMILES string of the molecule is C/C=C/C=N/Nc1ncnc(N)c1[N+](=O)[O-]. The van der Waals surface area contributed by atoms with Crippen molar-refractivity contribution >= 4 is 23.5 Å². The molecule has 0 bridgehead atoms. The van der Waals surface area contributed by atoms with Crippen LogP contribution >= 0.6 is 0 Å². The molecule has 1 heterocycles. The number of nitrogens with two attached hydrogens (primary N) is 1. The molecule has 0 saturated heterocycles. The average Bonchev–Trinajstić information content (AvgIpc) is 2.24. The predicted molar refractivity (Wildman–Crippen MR) is 60.0 cm³/mol. The number of hydrogen-bond donors (Lipinski definition) is 2. The second-order valence-electron chi connectivity index (χ2n) is 2.63. The van der Waals surface area contributed by atoms with Crippen LogP contribution in [-0.2, 0) is 0 Å². The number of nitrogen functional groups attached to an aromatic ring is 1. The quantitative estimate of drug-likeness (QED) is 0.444. The number of anilines is 2. The van der Waals surface area contributed by atoms with Crippen molar-refractivity contribution in [3.63, 3.8) is 0 Å². The number of nitrogens with one attached hydrogen (secondary N) is 1. The van der Waals surface area contributed by atoms with E-state index in [2.05, 4.69) is 20.5 Å². The minimum atomic E-state index is -0.664. The molecule has 0 aliphatic carbocycles. The molecular weight excluding hydrogens is 212 g/mol. The highest BCUT2D eigenvalue weighted by molar-refractivity contribution is 5.73. The molecule has 1 aromatic rings. The largest absolute Gasteiger partial charge is 0.378 e. The number of hydrogen-bond acceptors (Lipinski definition) is 7. The Labute approximate surface area is 91.0 Å². The molecule has 16 heavy (non-hydrogen) atoms. The zero-order valence-corrected chi connectivity index (χ0v) is 8.49. The first kappa shape index (κ1) is 11.6. The fourth-order valence-corrected chi connectivity index (χ4v) is 0.882. The van der Waals surface area contributed by atoms with Gasteiger partial charge in [0.2, 0.25) is 11.6 Å². The number of aromatic nitrogens is 2. The molecule has 0 atom stereocenters. The van der Waals surface area contributed by atoms with Crippen molar-refractivity contribution in [3.05, 3.63) is 28.6 Å². The number of nitro groups is 1. The molecular formula is C8H10N6O2. The van der Waals surface area contributed by atoms with Gasteiger partial charge in [-0.15, -0.1) is 0 Å². The van der Waals surface area contributed by atoms with Gasteiger partial charge < -0.3 is 5.73 Å². The van der Waals surface area contributed by atoms with E-state index in [0.717, 1.165) is 6.33 Å². The Kier molecular flexibility index (Phi) is 3.90. The van der Waals surface area contributed by atoms with Gasteiger partial charge in [-0.3, -0.25) is 15.5 Å². The summed E-state index contributed by atoms with van der Waals surface area (Å²) in [6, 6.07) is 0. The Morgan fingerprint density at radius 2 is 2.38 bits per heavy atom. The van der Waals surface area contributed by atoms with Crippen LogP contribution in [0.25, 0.3) is 0 Å². The molecule has 0 aromatic carbocycles. The molecule has 0 saturated carbocycles. The van der Waals surface area contributed by atoms with Gasteiger partial charge in [0.25, 0.3) is 0 Å². The first-order valence-electron chi connectivity index (χ1n) is 4.32. The fraction of sp³-hybridized carbons (Fsp3) is 0.125. The third-order valence-corrected chi connectivity index (χ3v) is 1.56. The lowest BCUT2D eigenvalue weighted by Gasteiger charge is -2.01. The van der Waals surface area contributed by atoms with Crippen molar-refractivity contribution in [1.29, 1.82) is 0 Å². The van der Waals surface area contributed by atoms with E-state index < -0.39 is 4.92 Å². The smallest absolute Gasteiger partial charge is 0.354 e. The first-order valence-corrected chi connectivity index (χ1v) is 4.32. The van der Waals surface area contributed by atoms with Gasteiger partial charge >= 0.3 is 5.69 Å². The maximum atomic E-state index is 10.7. The van der Waals surface area contributed by atoms with Gasteiger partial charge in [0, 0.05) is 6.21 Å². The number of allylic oxidation sites excluding steroid dienone is 2. The van der Waals surface area contributed by atoms with E-state index in [4.69, 9.17) is 5.73 Å². The highest BCUT2D eigenvalue weighted by atomic mass is 16.6. The summed E-state index contributed by atoms with van der Waals surface area (Å²) in [5.41, 5.74) is 7.38. The molecule has 0 unspecified atom stereocenters. The molecule has 1 rings (SSSR count). The minimum Gasteiger partial charge on any atom is -0.378 e. The van der Waals surface area contributed by atoms with Crippen LogP contribution in [0.3, 0.4) is 0 Å². The van der Waals surface area contributed by atoms with Gasteiger partial charge in [-0.05, 0) is 13.0 Å². The summed E-state index contributed by atoms with van der Waals surface area (Å²) >= 11 is 0. The fourth-order valence-electron chi connectivity index (χ4n) is 0.882. The monoisotopic (exact) mass is 222 g/mol. The van der Waals surface area contributed by atoms with Crippen LogP contribution in [0, 0.1) is 10.1 Å². The van der Waals surface area contributed by atoms with E-state index in [1.54, 1.807) is 12.2 Å². The summed E-state index contributed by atoms with van der Waals surface area (Å²) in [7, 11) is 0. The van der Waals surface area contributed by atoms with Crippen molar-refractivity contribution in [2.45, 2.75) is 6.92 Å². The van der Waals surface area contributed by atoms with E-state index in [1.807, 2.05) is 6.92 Å². The van der Waals surface area contributed by atoms with Gasteiger partial charge in [0.1, 0.15) is 6.33 Å². The van der Waals surface area contributed by atoms with E-state index in [0.29, 0.717) is 0 Å². The molecule has 0 spiro atoms. The molecule has 8 heteroatoms. The zero-order valence-electron chi connectivity index (χ0n) is 8.49. The molecule has 1 aromatic heterocycles. The van der Waals surface area contributed by atoms with E-state index in [1.165, 1.54) is 6.21 Å². The van der Waals surface area contributed by atoms with Crippen LogP contribution < -0.4 is 11.2 Å². The highest BCUT2D eigenvalue weighted by Gasteiger charge is 2.20. The third kappa shape index (κ3) is 2.74. The summed E-state index contributed by atoms with van der Waals surface area (Å²) in [6.07, 6.45) is 5.97. The van der Waals surface area contributed by atoms with Crippen molar-refractivity contribution < 1.29 is 4.92 Å². The Hall–Kier alpha value is -2.51. The van der Waals surface area contributed by atoms with Crippen LogP contribution in [0.2, 0.25) is 0 Å². The van der Waals surface area contributed by atoms with Crippen molar-refractivity contribution in [2.75, 3.05) is 11.2 Å². The van der Waals surface area contributed by atoms with E-state index >= 15 is 0 Å². The van der Waals surface area contributed by atoms with Crippen molar-refractivity contribution in [1.82, 2.24) is 9.97 Å². The molecule has 84 valence electrons. The lowest BCUT2D eigenvalue weighted by molar-refractivity contribution is -0.383. The van der Waals surface area contributed by atoms with Gasteiger partial charge in [0.15, 0.2) is 0 Å². The van der Waals surface area contributed by atoms with Crippen molar-refractivity contribution in [3.8, 4) is 0 Å². The van der Waals surface area contributed by atoms with Crippen molar-refractivity contribution in [2.24, 2.45) is 5.10 Å². The summed E-state index contributed by atoms with van der Waals surface area (Å²) < 4.78 is 0. The highest BCUT2D eigenvalue weighted by Crippen LogP contribution is 2.25. The Bertz CT molecular complexity index is 442. The zero-order chi connectivity index (χ0) is 12.0. The number of rotatable bonds is 4. The second kappa shape index (κ2) is 5.39. The predicted octanol–water partition coefficient (Wildman–Crippen LogP) is 0.941. The van der Waals surface area contributed by atoms with Crippen LogP contribution in [0.5, 0.6) is 0 Å². The molecule has 0 fully saturated rings. The molecule has 3 N–H and O–H groups in total. The lowest BCUT2D eigenvalue weighted by Crippen LogP contribution is -2.04. The Morgan fingerprint density at radius 1 is 1.62 bits per heavy atom. The summed E-state index contributed by atoms with van der Waals surface area (Å²) in [5, 5.41) is 14.4. The van der Waals surface area contributed by atoms with Gasteiger partial charge in [-0.25, -0.2) is 9.97 Å². The standard InChI is InChI=1S/C8H10N6O2/c1-2-3-4-12-13-8-6(14(15)16)7(9)10-5-11-8/h2-5H,1H3,(H3,9,10,11,13)/b3-2+,12-4+. The maximum absolute atomic E-state index is 10.7. The molecule has 8 nitrogen and oxygen atoms in total. The van der Waals surface area contributed by atoms with Crippen LogP contribution in [-0.4, -0.2) is 21.1 Å². The Balaban J connectivity index is 2.95. The maximum Gasteiger partial charge on any atom is 0.354 e. The average molecular weight is 222 g/mol. The normalized spacial score (nSPS) is 11.1. The molecule has 0 amide bonds. The van der Waals surface area contributed by atoms with Gasteiger partial charge in [0.05, 0.1) is 4.92 Å². The molecule has 0 radical (unpaired) electrons.